The number of alkyl halides is 4. The maximum Gasteiger partial charge on any atom is 0.404 e. The van der Waals surface area contributed by atoms with Crippen LogP contribution < -0.4 is 20.1 Å². The maximum atomic E-state index is 15.6. The molecule has 2 aromatic carbocycles. The van der Waals surface area contributed by atoms with E-state index in [4.69, 9.17) is 4.74 Å². The average molecular weight is 609 g/mol. The van der Waals surface area contributed by atoms with Crippen LogP contribution in [0.15, 0.2) is 55.0 Å². The first-order valence-corrected chi connectivity index (χ1v) is 14.4. The third kappa shape index (κ3) is 6.68. The standard InChI is InChI=1S/C27H25F5N6O3S/c1-15-22(29)24(38-42(39,40)14-27(30,31)32)19-4-2-3-5-20(19)25(15)41-26-23(35-8-9-36-26)16-6-7-34-21(10-16)37-18-11-17(28)12-33-13-18/h2-10,17-18,33,38H,11-14H2,1H3,(H,34,37). The molecule has 1 fully saturated rings. The molecule has 0 radical (unpaired) electrons. The Balaban J connectivity index is 1.51. The molecule has 1 aliphatic heterocycles. The predicted molar refractivity (Wildman–Crippen MR) is 147 cm³/mol. The molecule has 222 valence electrons. The summed E-state index contributed by atoms with van der Waals surface area (Å²) >= 11 is 0. The van der Waals surface area contributed by atoms with Crippen LogP contribution in [0.4, 0.5) is 33.5 Å². The van der Waals surface area contributed by atoms with Gasteiger partial charge in [-0.3, -0.25) is 4.72 Å². The molecule has 3 heterocycles. The Morgan fingerprint density at radius 1 is 1.05 bits per heavy atom. The normalized spacial score (nSPS) is 17.7. The quantitative estimate of drug-likeness (QED) is 0.229. The maximum absolute atomic E-state index is 15.6. The summed E-state index contributed by atoms with van der Waals surface area (Å²) in [5.74, 6) is -2.87. The first-order valence-electron chi connectivity index (χ1n) is 12.7. The molecule has 0 bridgehead atoms. The van der Waals surface area contributed by atoms with Crippen molar-refractivity contribution in [2.24, 2.45) is 0 Å². The second-order valence-electron chi connectivity index (χ2n) is 9.74. The molecule has 3 N–H and O–H groups in total. The zero-order chi connectivity index (χ0) is 30.1. The van der Waals surface area contributed by atoms with Crippen LogP contribution in [0.1, 0.15) is 12.0 Å². The second-order valence-corrected chi connectivity index (χ2v) is 11.5. The molecule has 1 aliphatic rings. The lowest BCUT2D eigenvalue weighted by atomic mass is 10.0. The molecule has 15 heteroatoms. The SMILES string of the molecule is Cc1c(F)c(NS(=O)(=O)CC(F)(F)F)c2ccccc2c1Oc1nccnc1-c1ccnc(NC2CNCC(F)C2)c1. The number of rotatable bonds is 8. The van der Waals surface area contributed by atoms with Crippen LogP contribution in [0.2, 0.25) is 0 Å². The third-order valence-corrected chi connectivity index (χ3v) is 7.71. The van der Waals surface area contributed by atoms with Crippen molar-refractivity contribution >= 4 is 32.3 Å². The molecule has 0 saturated carbocycles. The second kappa shape index (κ2) is 11.6. The summed E-state index contributed by atoms with van der Waals surface area (Å²) in [7, 11) is -4.97. The van der Waals surface area contributed by atoms with Gasteiger partial charge in [0.05, 0.1) is 5.69 Å². The topological polar surface area (TPSA) is 118 Å². The Hall–Kier alpha value is -4.11. The van der Waals surface area contributed by atoms with Crippen LogP contribution in [0, 0.1) is 12.7 Å². The Morgan fingerprint density at radius 3 is 2.52 bits per heavy atom. The molecule has 1 saturated heterocycles. The lowest BCUT2D eigenvalue weighted by molar-refractivity contribution is -0.106. The lowest BCUT2D eigenvalue weighted by Gasteiger charge is -2.26. The molecule has 2 unspecified atom stereocenters. The zero-order valence-electron chi connectivity index (χ0n) is 22.0. The number of pyridine rings is 1. The van der Waals surface area contributed by atoms with Crippen LogP contribution >= 0.6 is 0 Å². The third-order valence-electron chi connectivity index (χ3n) is 6.49. The minimum atomic E-state index is -5.02. The van der Waals surface area contributed by atoms with Gasteiger partial charge in [0.2, 0.25) is 15.9 Å². The summed E-state index contributed by atoms with van der Waals surface area (Å²) in [5.41, 5.74) is 0.0105. The van der Waals surface area contributed by atoms with Gasteiger partial charge in [-0.05, 0) is 19.1 Å². The summed E-state index contributed by atoms with van der Waals surface area (Å²) in [6, 6.07) is 9.09. The van der Waals surface area contributed by atoms with E-state index < -0.39 is 39.6 Å². The van der Waals surface area contributed by atoms with Crippen LogP contribution in [0.25, 0.3) is 22.0 Å². The Labute approximate surface area is 237 Å². The van der Waals surface area contributed by atoms with Crippen molar-refractivity contribution in [2.45, 2.75) is 31.7 Å². The van der Waals surface area contributed by atoms with Crippen molar-refractivity contribution in [3.8, 4) is 22.9 Å². The first kappa shape index (κ1) is 29.4. The number of benzene rings is 2. The van der Waals surface area contributed by atoms with Crippen molar-refractivity contribution in [3.05, 3.63) is 66.4 Å². The van der Waals surface area contributed by atoms with Gasteiger partial charge < -0.3 is 15.4 Å². The molecule has 9 nitrogen and oxygen atoms in total. The van der Waals surface area contributed by atoms with E-state index in [1.807, 2.05) is 0 Å². The van der Waals surface area contributed by atoms with E-state index in [9.17, 15) is 26.0 Å². The van der Waals surface area contributed by atoms with Gasteiger partial charge in [0, 0.05) is 66.0 Å². The molecule has 0 amide bonds. The largest absolute Gasteiger partial charge is 0.436 e. The minimum absolute atomic E-state index is 0.0177. The number of fused-ring (bicyclic) bond motifs is 1. The number of halogens is 5. The smallest absolute Gasteiger partial charge is 0.404 e. The van der Waals surface area contributed by atoms with Gasteiger partial charge in [0.25, 0.3) is 0 Å². The molecule has 5 rings (SSSR count). The van der Waals surface area contributed by atoms with Gasteiger partial charge in [0.1, 0.15) is 23.4 Å². The van der Waals surface area contributed by atoms with Gasteiger partial charge >= 0.3 is 6.18 Å². The fourth-order valence-electron chi connectivity index (χ4n) is 4.70. The van der Waals surface area contributed by atoms with E-state index in [1.165, 1.54) is 43.7 Å². The number of ether oxygens (including phenoxy) is 1. The van der Waals surface area contributed by atoms with Gasteiger partial charge in [0.15, 0.2) is 11.6 Å². The number of nitrogens with one attached hydrogen (secondary N) is 3. The highest BCUT2D eigenvalue weighted by molar-refractivity contribution is 7.92. The van der Waals surface area contributed by atoms with Crippen LogP contribution in [-0.2, 0) is 10.0 Å². The summed E-state index contributed by atoms with van der Waals surface area (Å²) in [6.07, 6.45) is -1.37. The van der Waals surface area contributed by atoms with E-state index >= 15 is 4.39 Å². The van der Waals surface area contributed by atoms with E-state index in [-0.39, 0.29) is 39.7 Å². The van der Waals surface area contributed by atoms with Gasteiger partial charge in [-0.2, -0.15) is 13.2 Å². The van der Waals surface area contributed by atoms with Crippen molar-refractivity contribution in [1.29, 1.82) is 0 Å². The van der Waals surface area contributed by atoms with Gasteiger partial charge in [-0.15, -0.1) is 0 Å². The fourth-order valence-corrected chi connectivity index (χ4v) is 5.72. The molecule has 0 spiro atoms. The number of sulfonamides is 1. The highest BCUT2D eigenvalue weighted by Gasteiger charge is 2.36. The predicted octanol–water partition coefficient (Wildman–Crippen LogP) is 5.35. The van der Waals surface area contributed by atoms with E-state index in [0.717, 1.165) is 0 Å². The monoisotopic (exact) mass is 608 g/mol. The fraction of sp³-hybridized carbons (Fsp3) is 0.296. The van der Waals surface area contributed by atoms with E-state index in [0.29, 0.717) is 30.9 Å². The van der Waals surface area contributed by atoms with Gasteiger partial charge in [-0.1, -0.05) is 24.3 Å². The summed E-state index contributed by atoms with van der Waals surface area (Å²) in [5, 5.41) is 6.41. The van der Waals surface area contributed by atoms with E-state index in [1.54, 1.807) is 22.9 Å². The molecular weight excluding hydrogens is 583 g/mol. The Morgan fingerprint density at radius 2 is 1.79 bits per heavy atom. The van der Waals surface area contributed by atoms with Crippen molar-refractivity contribution < 1.29 is 35.1 Å². The molecule has 4 aromatic rings. The molecule has 2 aromatic heterocycles. The Bertz CT molecular complexity index is 1720. The van der Waals surface area contributed by atoms with Crippen LogP contribution in [-0.4, -0.2) is 60.6 Å². The average Bonchev–Trinajstić information content (AvgIpc) is 2.92. The number of piperidine rings is 1. The van der Waals surface area contributed by atoms with Crippen molar-refractivity contribution in [1.82, 2.24) is 20.3 Å². The number of aromatic nitrogens is 3. The molecule has 0 aliphatic carbocycles. The van der Waals surface area contributed by atoms with Crippen LogP contribution in [0.5, 0.6) is 11.6 Å². The van der Waals surface area contributed by atoms with Crippen molar-refractivity contribution in [3.63, 3.8) is 0 Å². The Kier molecular flexibility index (Phi) is 8.14. The van der Waals surface area contributed by atoms with E-state index in [2.05, 4.69) is 25.6 Å². The molecule has 42 heavy (non-hydrogen) atoms. The minimum Gasteiger partial charge on any atom is -0.436 e. The lowest BCUT2D eigenvalue weighted by Crippen LogP contribution is -2.44. The number of hydrogen-bond donors (Lipinski definition) is 3. The summed E-state index contributed by atoms with van der Waals surface area (Å²) in [6.45, 7) is 2.16. The van der Waals surface area contributed by atoms with Crippen LogP contribution in [0.3, 0.4) is 0 Å². The van der Waals surface area contributed by atoms with Crippen molar-refractivity contribution in [2.75, 3.05) is 28.9 Å². The summed E-state index contributed by atoms with van der Waals surface area (Å²) in [4.78, 5) is 12.9. The van der Waals surface area contributed by atoms with Gasteiger partial charge in [-0.25, -0.2) is 32.2 Å². The molecule has 2 atom stereocenters. The highest BCUT2D eigenvalue weighted by Crippen LogP contribution is 2.42. The number of anilines is 2. The zero-order valence-corrected chi connectivity index (χ0v) is 22.9. The highest BCUT2D eigenvalue weighted by atomic mass is 32.2. The number of nitrogens with zero attached hydrogens (tertiary/aromatic N) is 3. The first-order chi connectivity index (χ1) is 19.9. The summed E-state index contributed by atoms with van der Waals surface area (Å²) < 4.78 is 100. The molecular formula is C27H25F5N6O3S. The number of hydrogen-bond acceptors (Lipinski definition) is 8.